The molecule has 27 heavy (non-hydrogen) atoms. The molecule has 0 aliphatic carbocycles. The summed E-state index contributed by atoms with van der Waals surface area (Å²) in [5.74, 6) is 0.674. The summed E-state index contributed by atoms with van der Waals surface area (Å²) >= 11 is 1.59. The van der Waals surface area contributed by atoms with Crippen molar-refractivity contribution < 1.29 is 13.2 Å². The summed E-state index contributed by atoms with van der Waals surface area (Å²) in [6.45, 7) is 7.14. The summed E-state index contributed by atoms with van der Waals surface area (Å²) in [7, 11) is 0.145. The van der Waals surface area contributed by atoms with Gasteiger partial charge in [0.05, 0.1) is 12.0 Å². The summed E-state index contributed by atoms with van der Waals surface area (Å²) in [5, 5.41) is 4.06. The van der Waals surface area contributed by atoms with Gasteiger partial charge in [-0.2, -0.15) is 11.3 Å². The van der Waals surface area contributed by atoms with Gasteiger partial charge in [0, 0.05) is 44.8 Å². The van der Waals surface area contributed by atoms with Crippen molar-refractivity contribution in [3.05, 3.63) is 34.5 Å². The maximum absolute atomic E-state index is 12.8. The van der Waals surface area contributed by atoms with Crippen molar-refractivity contribution in [2.75, 3.05) is 53.4 Å². The Morgan fingerprint density at radius 3 is 2.52 bits per heavy atom. The Kier molecular flexibility index (Phi) is 6.54. The second-order valence-electron chi connectivity index (χ2n) is 6.87. The third-order valence-corrected chi connectivity index (χ3v) is 7.26. The van der Waals surface area contributed by atoms with Crippen LogP contribution < -0.4 is 9.46 Å². The summed E-state index contributed by atoms with van der Waals surface area (Å²) in [6.07, 6.45) is 0. The van der Waals surface area contributed by atoms with E-state index in [0.29, 0.717) is 12.3 Å². The van der Waals surface area contributed by atoms with E-state index in [9.17, 15) is 8.42 Å². The maximum Gasteiger partial charge on any atom is 0.240 e. The fraction of sp³-hybridized carbons (Fsp3) is 0.474. The predicted molar refractivity (Wildman–Crippen MR) is 110 cm³/mol. The van der Waals surface area contributed by atoms with Crippen LogP contribution in [0.1, 0.15) is 5.56 Å². The highest BCUT2D eigenvalue weighted by molar-refractivity contribution is 7.89. The predicted octanol–water partition coefficient (Wildman–Crippen LogP) is 2.26. The van der Waals surface area contributed by atoms with Crippen molar-refractivity contribution in [1.29, 1.82) is 0 Å². The van der Waals surface area contributed by atoms with Crippen LogP contribution in [-0.2, 0) is 10.0 Å². The number of rotatable bonds is 7. The Balaban J connectivity index is 1.72. The van der Waals surface area contributed by atoms with Gasteiger partial charge in [-0.15, -0.1) is 0 Å². The van der Waals surface area contributed by atoms with E-state index in [4.69, 9.17) is 4.74 Å². The zero-order valence-electron chi connectivity index (χ0n) is 16.1. The van der Waals surface area contributed by atoms with Gasteiger partial charge in [0.2, 0.25) is 10.0 Å². The lowest BCUT2D eigenvalue weighted by Gasteiger charge is -2.32. The third kappa shape index (κ3) is 4.89. The van der Waals surface area contributed by atoms with Gasteiger partial charge in [0.25, 0.3) is 0 Å². The average Bonchev–Trinajstić information content (AvgIpc) is 3.08. The monoisotopic (exact) mass is 409 g/mol. The van der Waals surface area contributed by atoms with Crippen molar-refractivity contribution in [3.8, 4) is 16.9 Å². The second-order valence-corrected chi connectivity index (χ2v) is 9.38. The first-order chi connectivity index (χ1) is 12.9. The van der Waals surface area contributed by atoms with Gasteiger partial charge in [-0.05, 0) is 54.1 Å². The van der Waals surface area contributed by atoms with E-state index in [1.165, 1.54) is 0 Å². The van der Waals surface area contributed by atoms with Crippen LogP contribution in [0.3, 0.4) is 0 Å². The number of nitrogens with zero attached hydrogens (tertiary/aromatic N) is 2. The van der Waals surface area contributed by atoms with Crippen LogP contribution in [0.25, 0.3) is 11.1 Å². The summed E-state index contributed by atoms with van der Waals surface area (Å²) < 4.78 is 33.7. The SMILES string of the molecule is COc1ccc(S(=O)(=O)NCCN2CCN(C)CC2)cc1-c1cscc1C. The molecular formula is C19H27N3O3S2. The number of likely N-dealkylation sites (N-methyl/N-ethyl adjacent to an activating group) is 1. The van der Waals surface area contributed by atoms with Crippen molar-refractivity contribution >= 4 is 21.4 Å². The number of aryl methyl sites for hydroxylation is 1. The Morgan fingerprint density at radius 2 is 1.89 bits per heavy atom. The van der Waals surface area contributed by atoms with Crippen LogP contribution in [0.5, 0.6) is 5.75 Å². The number of nitrogens with one attached hydrogen (secondary N) is 1. The van der Waals surface area contributed by atoms with E-state index in [1.54, 1.807) is 36.6 Å². The maximum atomic E-state index is 12.8. The van der Waals surface area contributed by atoms with E-state index in [1.807, 2.05) is 17.7 Å². The van der Waals surface area contributed by atoms with Gasteiger partial charge in [-0.3, -0.25) is 4.90 Å². The number of piperazine rings is 1. The third-order valence-electron chi connectivity index (χ3n) is 4.94. The quantitative estimate of drug-likeness (QED) is 0.760. The van der Waals surface area contributed by atoms with E-state index < -0.39 is 10.0 Å². The molecule has 0 spiro atoms. The Labute approximate surface area is 165 Å². The van der Waals surface area contributed by atoms with Gasteiger partial charge in [-0.1, -0.05) is 0 Å². The molecule has 0 radical (unpaired) electrons. The fourth-order valence-electron chi connectivity index (χ4n) is 3.19. The molecule has 0 saturated carbocycles. The standard InChI is InChI=1S/C19H27N3O3S2/c1-15-13-26-14-18(15)17-12-16(4-5-19(17)25-3)27(23,24)20-6-7-22-10-8-21(2)9-11-22/h4-5,12-14,20H,6-11H2,1-3H3. The highest BCUT2D eigenvalue weighted by Gasteiger charge is 2.19. The van der Waals surface area contributed by atoms with Gasteiger partial charge >= 0.3 is 0 Å². The van der Waals surface area contributed by atoms with E-state index in [2.05, 4.69) is 21.6 Å². The number of hydrogen-bond donors (Lipinski definition) is 1. The van der Waals surface area contributed by atoms with Crippen LogP contribution >= 0.6 is 11.3 Å². The van der Waals surface area contributed by atoms with Gasteiger partial charge in [-0.25, -0.2) is 13.1 Å². The summed E-state index contributed by atoms with van der Waals surface area (Å²) in [4.78, 5) is 4.84. The number of thiophene rings is 1. The number of benzene rings is 1. The largest absolute Gasteiger partial charge is 0.496 e. The lowest BCUT2D eigenvalue weighted by molar-refractivity contribution is 0.156. The molecule has 0 amide bonds. The Morgan fingerprint density at radius 1 is 1.15 bits per heavy atom. The molecule has 2 aromatic rings. The van der Waals surface area contributed by atoms with Crippen LogP contribution in [0.4, 0.5) is 0 Å². The molecule has 0 atom stereocenters. The Bertz CT molecular complexity index is 872. The minimum absolute atomic E-state index is 0.266. The number of methoxy groups -OCH3 is 1. The topological polar surface area (TPSA) is 61.9 Å². The lowest BCUT2D eigenvalue weighted by atomic mass is 10.0. The van der Waals surface area contributed by atoms with Crippen LogP contribution in [-0.4, -0.2) is 71.6 Å². The van der Waals surface area contributed by atoms with Crippen molar-refractivity contribution in [2.45, 2.75) is 11.8 Å². The highest BCUT2D eigenvalue weighted by atomic mass is 32.2. The minimum Gasteiger partial charge on any atom is -0.496 e. The number of sulfonamides is 1. The molecule has 3 rings (SSSR count). The average molecular weight is 410 g/mol. The minimum atomic E-state index is -3.56. The molecule has 148 valence electrons. The van der Waals surface area contributed by atoms with Crippen LogP contribution in [0, 0.1) is 6.92 Å². The van der Waals surface area contributed by atoms with Crippen LogP contribution in [0.2, 0.25) is 0 Å². The molecule has 1 aliphatic heterocycles. The summed E-state index contributed by atoms with van der Waals surface area (Å²) in [5.41, 5.74) is 2.92. The molecule has 1 aromatic carbocycles. The second kappa shape index (κ2) is 8.70. The number of ether oxygens (including phenoxy) is 1. The fourth-order valence-corrected chi connectivity index (χ4v) is 5.09. The van der Waals surface area contributed by atoms with Gasteiger partial charge in [0.1, 0.15) is 5.75 Å². The first-order valence-corrected chi connectivity index (χ1v) is 11.4. The Hall–Kier alpha value is -1.45. The molecule has 6 nitrogen and oxygen atoms in total. The molecule has 1 aliphatic rings. The smallest absolute Gasteiger partial charge is 0.240 e. The van der Waals surface area contributed by atoms with Crippen LogP contribution in [0.15, 0.2) is 33.9 Å². The number of hydrogen-bond acceptors (Lipinski definition) is 6. The van der Waals surface area contributed by atoms with Gasteiger partial charge < -0.3 is 9.64 Å². The summed E-state index contributed by atoms with van der Waals surface area (Å²) in [6, 6.07) is 5.02. The molecule has 0 bridgehead atoms. The van der Waals surface area contributed by atoms with Gasteiger partial charge in [0.15, 0.2) is 0 Å². The van der Waals surface area contributed by atoms with E-state index in [0.717, 1.165) is 49.4 Å². The highest BCUT2D eigenvalue weighted by Crippen LogP contribution is 2.35. The lowest BCUT2D eigenvalue weighted by Crippen LogP contribution is -2.46. The molecule has 2 heterocycles. The van der Waals surface area contributed by atoms with Crippen molar-refractivity contribution in [3.63, 3.8) is 0 Å². The zero-order valence-corrected chi connectivity index (χ0v) is 17.7. The molecule has 1 fully saturated rings. The van der Waals surface area contributed by atoms with Crippen molar-refractivity contribution in [1.82, 2.24) is 14.5 Å². The first kappa shape index (κ1) is 20.3. The molecule has 1 saturated heterocycles. The van der Waals surface area contributed by atoms with E-state index in [-0.39, 0.29) is 4.90 Å². The molecule has 0 unspecified atom stereocenters. The molecule has 1 N–H and O–H groups in total. The molecule has 1 aromatic heterocycles. The normalized spacial score (nSPS) is 16.6. The zero-order chi connectivity index (χ0) is 19.4. The molecular weight excluding hydrogens is 382 g/mol. The van der Waals surface area contributed by atoms with Crippen molar-refractivity contribution in [2.24, 2.45) is 0 Å². The first-order valence-electron chi connectivity index (χ1n) is 9.02. The molecule has 8 heteroatoms. The van der Waals surface area contributed by atoms with E-state index >= 15 is 0 Å².